The van der Waals surface area contributed by atoms with Gasteiger partial charge in [0.15, 0.2) is 23.3 Å². The topological polar surface area (TPSA) is 64.5 Å². The number of thiophene rings is 1. The van der Waals surface area contributed by atoms with Gasteiger partial charge in [0.05, 0.1) is 15.9 Å². The molecule has 9 aromatic rings. The van der Waals surface area contributed by atoms with Crippen LogP contribution in [0.25, 0.3) is 88.2 Å². The number of rotatable bonds is 6. The lowest BCUT2D eigenvalue weighted by atomic mass is 10.0. The van der Waals surface area contributed by atoms with E-state index < -0.39 is 0 Å². The zero-order chi connectivity index (χ0) is 32.6. The fraction of sp³-hybridized carbons (Fsp3) is 0. The van der Waals surface area contributed by atoms with Crippen molar-refractivity contribution in [2.45, 2.75) is 0 Å². The summed E-state index contributed by atoms with van der Waals surface area (Å²) in [6.45, 7) is 0. The first kappa shape index (κ1) is 28.8. The van der Waals surface area contributed by atoms with Crippen molar-refractivity contribution in [1.29, 1.82) is 0 Å². The minimum Gasteiger partial charge on any atom is -0.226 e. The zero-order valence-corrected chi connectivity index (χ0v) is 27.0. The summed E-state index contributed by atoms with van der Waals surface area (Å²) in [7, 11) is 0. The second-order valence-electron chi connectivity index (χ2n) is 11.7. The van der Waals surface area contributed by atoms with Crippen LogP contribution in [0.4, 0.5) is 0 Å². The van der Waals surface area contributed by atoms with E-state index in [1.165, 1.54) is 0 Å². The average molecular weight is 646 g/mol. The number of fused-ring (bicyclic) bond motifs is 3. The first-order valence-corrected chi connectivity index (χ1v) is 16.9. The van der Waals surface area contributed by atoms with E-state index in [0.29, 0.717) is 23.3 Å². The molecule has 3 aromatic heterocycles. The standard InChI is InChI=1S/C43H27N5S/c1-5-14-28(15-6-1)32-22-13-23-33(26-32)42-46-41(31-20-11-4-12-21-31)47-43(48-42)34-24-25-36-35(27-34)38-39(49-36)37(29-16-7-2-8-17-29)44-40(45-38)30-18-9-3-10-19-30/h1-27H. The molecule has 0 saturated carbocycles. The highest BCUT2D eigenvalue weighted by Gasteiger charge is 2.19. The van der Waals surface area contributed by atoms with Crippen molar-refractivity contribution in [2.75, 3.05) is 0 Å². The van der Waals surface area contributed by atoms with E-state index >= 15 is 0 Å². The van der Waals surface area contributed by atoms with E-state index in [4.69, 9.17) is 24.9 Å². The molecule has 230 valence electrons. The molecule has 5 nitrogen and oxygen atoms in total. The number of nitrogens with zero attached hydrogens (tertiary/aromatic N) is 5. The Morgan fingerprint density at radius 1 is 0.327 bits per heavy atom. The maximum absolute atomic E-state index is 5.17. The maximum Gasteiger partial charge on any atom is 0.164 e. The molecular formula is C43H27N5S. The molecule has 6 heteroatoms. The van der Waals surface area contributed by atoms with Crippen LogP contribution in [0.3, 0.4) is 0 Å². The Morgan fingerprint density at radius 2 is 0.796 bits per heavy atom. The highest BCUT2D eigenvalue weighted by Crippen LogP contribution is 2.41. The lowest BCUT2D eigenvalue weighted by molar-refractivity contribution is 1.07. The summed E-state index contributed by atoms with van der Waals surface area (Å²) in [5.41, 5.74) is 8.89. The minimum absolute atomic E-state index is 0.607. The van der Waals surface area contributed by atoms with Crippen molar-refractivity contribution in [3.8, 4) is 67.9 Å². The number of hydrogen-bond acceptors (Lipinski definition) is 6. The Kier molecular flexibility index (Phi) is 7.26. The molecule has 0 amide bonds. The Bertz CT molecular complexity index is 2590. The van der Waals surface area contributed by atoms with E-state index in [1.54, 1.807) is 11.3 Å². The second kappa shape index (κ2) is 12.3. The maximum atomic E-state index is 5.17. The average Bonchev–Trinajstić information content (AvgIpc) is 3.57. The molecule has 0 saturated heterocycles. The molecule has 0 unspecified atom stereocenters. The summed E-state index contributed by atoms with van der Waals surface area (Å²) in [5, 5.41) is 1.04. The minimum atomic E-state index is 0.607. The molecule has 0 atom stereocenters. The Hall–Kier alpha value is -6.37. The molecule has 0 aliphatic heterocycles. The second-order valence-corrected chi connectivity index (χ2v) is 12.8. The van der Waals surface area contributed by atoms with Crippen LogP contribution in [0, 0.1) is 0 Å². The third-order valence-corrected chi connectivity index (χ3v) is 9.71. The van der Waals surface area contributed by atoms with Gasteiger partial charge in [-0.3, -0.25) is 0 Å². The molecule has 0 spiro atoms. The van der Waals surface area contributed by atoms with Crippen molar-refractivity contribution in [2.24, 2.45) is 0 Å². The Labute approximate surface area is 287 Å². The smallest absolute Gasteiger partial charge is 0.164 e. The van der Waals surface area contributed by atoms with Gasteiger partial charge in [0.1, 0.15) is 0 Å². The van der Waals surface area contributed by atoms with Gasteiger partial charge in [0.25, 0.3) is 0 Å². The molecule has 3 heterocycles. The number of benzene rings is 6. The summed E-state index contributed by atoms with van der Waals surface area (Å²) < 4.78 is 2.18. The zero-order valence-electron chi connectivity index (χ0n) is 26.2. The van der Waals surface area contributed by atoms with Crippen LogP contribution in [0.2, 0.25) is 0 Å². The molecule has 49 heavy (non-hydrogen) atoms. The van der Waals surface area contributed by atoms with Crippen molar-refractivity contribution in [3.05, 3.63) is 164 Å². The van der Waals surface area contributed by atoms with Crippen LogP contribution in [0.1, 0.15) is 0 Å². The third kappa shape index (κ3) is 5.54. The SMILES string of the molecule is c1ccc(-c2cccc(-c3nc(-c4ccccc4)nc(-c4ccc5sc6c(-c7ccccc7)nc(-c7ccccc7)nc6c5c4)n3)c2)cc1. The van der Waals surface area contributed by atoms with Crippen molar-refractivity contribution in [1.82, 2.24) is 24.9 Å². The molecule has 0 aliphatic carbocycles. The quantitative estimate of drug-likeness (QED) is 0.180. The van der Waals surface area contributed by atoms with Crippen LogP contribution in [0.5, 0.6) is 0 Å². The van der Waals surface area contributed by atoms with Crippen molar-refractivity contribution < 1.29 is 0 Å². The summed E-state index contributed by atoms with van der Waals surface area (Å²) in [6.07, 6.45) is 0. The molecular weight excluding hydrogens is 619 g/mol. The van der Waals surface area contributed by atoms with E-state index in [9.17, 15) is 0 Å². The van der Waals surface area contributed by atoms with Gasteiger partial charge in [-0.25, -0.2) is 24.9 Å². The van der Waals surface area contributed by atoms with Gasteiger partial charge in [0.2, 0.25) is 0 Å². The van der Waals surface area contributed by atoms with Crippen LogP contribution >= 0.6 is 11.3 Å². The molecule has 0 N–H and O–H groups in total. The van der Waals surface area contributed by atoms with Gasteiger partial charge < -0.3 is 0 Å². The van der Waals surface area contributed by atoms with E-state index in [-0.39, 0.29) is 0 Å². The fourth-order valence-corrected chi connectivity index (χ4v) is 7.24. The first-order valence-electron chi connectivity index (χ1n) is 16.1. The van der Waals surface area contributed by atoms with Gasteiger partial charge >= 0.3 is 0 Å². The Balaban J connectivity index is 1.24. The highest BCUT2D eigenvalue weighted by atomic mass is 32.1. The molecule has 6 aromatic carbocycles. The fourth-order valence-electron chi connectivity index (χ4n) is 6.11. The normalized spacial score (nSPS) is 11.3. The van der Waals surface area contributed by atoms with Gasteiger partial charge in [0, 0.05) is 37.9 Å². The highest BCUT2D eigenvalue weighted by molar-refractivity contribution is 7.26. The summed E-state index contributed by atoms with van der Waals surface area (Å²) >= 11 is 1.71. The van der Waals surface area contributed by atoms with Crippen molar-refractivity contribution in [3.63, 3.8) is 0 Å². The van der Waals surface area contributed by atoms with E-state index in [1.807, 2.05) is 60.7 Å². The summed E-state index contributed by atoms with van der Waals surface area (Å²) in [4.78, 5) is 25.4. The van der Waals surface area contributed by atoms with Crippen LogP contribution < -0.4 is 0 Å². The lowest BCUT2D eigenvalue weighted by Crippen LogP contribution is -2.00. The first-order chi connectivity index (χ1) is 24.3. The van der Waals surface area contributed by atoms with Gasteiger partial charge in [-0.15, -0.1) is 11.3 Å². The summed E-state index contributed by atoms with van der Waals surface area (Å²) in [6, 6.07) is 55.7. The molecule has 0 bridgehead atoms. The predicted octanol–water partition coefficient (Wildman–Crippen LogP) is 11.0. The monoisotopic (exact) mass is 645 g/mol. The number of aromatic nitrogens is 5. The molecule has 0 radical (unpaired) electrons. The third-order valence-electron chi connectivity index (χ3n) is 8.54. The molecule has 0 aliphatic rings. The van der Waals surface area contributed by atoms with Crippen molar-refractivity contribution >= 4 is 31.6 Å². The number of hydrogen-bond donors (Lipinski definition) is 0. The molecule has 0 fully saturated rings. The predicted molar refractivity (Wildman–Crippen MR) is 201 cm³/mol. The largest absolute Gasteiger partial charge is 0.226 e. The Morgan fingerprint density at radius 3 is 1.41 bits per heavy atom. The lowest BCUT2D eigenvalue weighted by Gasteiger charge is -2.10. The van der Waals surface area contributed by atoms with E-state index in [0.717, 1.165) is 64.9 Å². The van der Waals surface area contributed by atoms with Crippen LogP contribution in [-0.2, 0) is 0 Å². The van der Waals surface area contributed by atoms with Gasteiger partial charge in [-0.05, 0) is 35.4 Å². The summed E-state index contributed by atoms with van der Waals surface area (Å²) in [5.74, 6) is 2.55. The van der Waals surface area contributed by atoms with Gasteiger partial charge in [-0.1, -0.05) is 140 Å². The molecule has 9 rings (SSSR count). The van der Waals surface area contributed by atoms with Crippen LogP contribution in [0.15, 0.2) is 164 Å². The van der Waals surface area contributed by atoms with E-state index in [2.05, 4.69) is 103 Å². The van der Waals surface area contributed by atoms with Gasteiger partial charge in [-0.2, -0.15) is 0 Å². The van der Waals surface area contributed by atoms with Crippen LogP contribution in [-0.4, -0.2) is 24.9 Å².